The smallest absolute Gasteiger partial charge is 0.268 e. The van der Waals surface area contributed by atoms with Gasteiger partial charge in [0.15, 0.2) is 5.82 Å². The molecule has 2 amide bonds. The largest absolute Gasteiger partial charge is 0.339 e. The summed E-state index contributed by atoms with van der Waals surface area (Å²) >= 11 is 0. The number of nitrogens with one attached hydrogen (secondary N) is 1. The number of aromatic nitrogens is 2. The minimum atomic E-state index is -0.441. The zero-order valence-electron chi connectivity index (χ0n) is 17.0. The van der Waals surface area contributed by atoms with E-state index in [1.807, 2.05) is 13.8 Å². The van der Waals surface area contributed by atoms with E-state index in [-0.39, 0.29) is 48.6 Å². The molecule has 4 rings (SSSR count). The average molecular weight is 413 g/mol. The van der Waals surface area contributed by atoms with Gasteiger partial charge >= 0.3 is 0 Å². The van der Waals surface area contributed by atoms with E-state index < -0.39 is 6.04 Å². The second-order valence-corrected chi connectivity index (χ2v) is 8.08. The molecule has 2 aromatic rings. The number of hydrogen-bond donors (Lipinski definition) is 1. The van der Waals surface area contributed by atoms with Gasteiger partial charge in [-0.15, -0.1) is 0 Å². The van der Waals surface area contributed by atoms with Gasteiger partial charge < -0.3 is 9.84 Å². The summed E-state index contributed by atoms with van der Waals surface area (Å²) in [6.45, 7) is 4.09. The monoisotopic (exact) mass is 413 g/mol. The summed E-state index contributed by atoms with van der Waals surface area (Å²) in [7, 11) is 0. The van der Waals surface area contributed by atoms with Gasteiger partial charge in [-0.1, -0.05) is 31.1 Å². The van der Waals surface area contributed by atoms with Gasteiger partial charge in [0.05, 0.1) is 6.54 Å². The maximum atomic E-state index is 13.1. The van der Waals surface area contributed by atoms with Gasteiger partial charge in [-0.3, -0.25) is 9.59 Å². The van der Waals surface area contributed by atoms with Crippen LogP contribution in [0.25, 0.3) is 0 Å². The Morgan fingerprint density at radius 1 is 1.27 bits per heavy atom. The molecule has 30 heavy (non-hydrogen) atoms. The van der Waals surface area contributed by atoms with Crippen molar-refractivity contribution in [3.8, 4) is 0 Å². The van der Waals surface area contributed by atoms with Gasteiger partial charge in [0.25, 0.3) is 5.91 Å². The number of hydrazone groups is 1. The lowest BCUT2D eigenvalue weighted by molar-refractivity contribution is -0.132. The van der Waals surface area contributed by atoms with Crippen LogP contribution in [0, 0.1) is 11.7 Å². The summed E-state index contributed by atoms with van der Waals surface area (Å²) in [6, 6.07) is 5.40. The van der Waals surface area contributed by atoms with Gasteiger partial charge in [-0.2, -0.15) is 10.1 Å². The molecular formula is C21H24FN5O3. The first-order valence-electron chi connectivity index (χ1n) is 10.2. The molecule has 1 unspecified atom stereocenters. The summed E-state index contributed by atoms with van der Waals surface area (Å²) in [5.74, 6) is 0.575. The van der Waals surface area contributed by atoms with Crippen molar-refractivity contribution in [2.45, 2.75) is 58.0 Å². The lowest BCUT2D eigenvalue weighted by Gasteiger charge is -2.25. The van der Waals surface area contributed by atoms with Crippen LogP contribution >= 0.6 is 0 Å². The Bertz CT molecular complexity index is 965. The van der Waals surface area contributed by atoms with Crippen molar-refractivity contribution in [1.29, 1.82) is 0 Å². The average Bonchev–Trinajstić information content (AvgIpc) is 3.46. The van der Waals surface area contributed by atoms with Gasteiger partial charge in [0.1, 0.15) is 17.6 Å². The zero-order chi connectivity index (χ0) is 21.3. The fourth-order valence-electron chi connectivity index (χ4n) is 3.27. The Hall–Kier alpha value is -3.10. The number of benzene rings is 1. The lowest BCUT2D eigenvalue weighted by Crippen LogP contribution is -2.41. The molecule has 9 heteroatoms. The van der Waals surface area contributed by atoms with E-state index in [1.54, 1.807) is 12.1 Å². The molecule has 1 N–H and O–H groups in total. The van der Waals surface area contributed by atoms with Crippen molar-refractivity contribution in [3.63, 3.8) is 0 Å². The minimum absolute atomic E-state index is 0.0302. The van der Waals surface area contributed by atoms with Gasteiger partial charge in [-0.05, 0) is 36.5 Å². The Kier molecular flexibility index (Phi) is 5.61. The van der Waals surface area contributed by atoms with Gasteiger partial charge in [-0.25, -0.2) is 9.40 Å². The lowest BCUT2D eigenvalue weighted by atomic mass is 10.0. The Labute approximate surface area is 173 Å². The Morgan fingerprint density at radius 2 is 2.00 bits per heavy atom. The molecule has 1 aliphatic carbocycles. The molecule has 8 nitrogen and oxygen atoms in total. The maximum Gasteiger partial charge on any atom is 0.268 e. The third-order valence-electron chi connectivity index (χ3n) is 5.23. The number of carbonyl (C=O) groups is 2. The van der Waals surface area contributed by atoms with E-state index in [0.717, 1.165) is 18.4 Å². The predicted octanol–water partition coefficient (Wildman–Crippen LogP) is 3.08. The fourth-order valence-corrected chi connectivity index (χ4v) is 3.27. The van der Waals surface area contributed by atoms with Crippen molar-refractivity contribution >= 4 is 17.5 Å². The molecule has 0 saturated heterocycles. The van der Waals surface area contributed by atoms with Crippen LogP contribution in [-0.2, 0) is 16.1 Å². The third-order valence-corrected chi connectivity index (χ3v) is 5.23. The first kappa shape index (κ1) is 20.2. The third kappa shape index (κ3) is 4.55. The normalized spacial score (nSPS) is 17.8. The second-order valence-electron chi connectivity index (χ2n) is 8.08. The van der Waals surface area contributed by atoms with Gasteiger partial charge in [0, 0.05) is 18.8 Å². The number of nitrogens with zero attached hydrogens (tertiary/aromatic N) is 4. The first-order valence-corrected chi connectivity index (χ1v) is 10.2. The summed E-state index contributed by atoms with van der Waals surface area (Å²) in [5, 5.41) is 12.5. The fraction of sp³-hybridized carbons (Fsp3) is 0.476. The highest BCUT2D eigenvalue weighted by atomic mass is 19.1. The van der Waals surface area contributed by atoms with Crippen molar-refractivity contribution in [1.82, 2.24) is 20.5 Å². The summed E-state index contributed by atoms with van der Waals surface area (Å²) < 4.78 is 18.5. The van der Waals surface area contributed by atoms with Crippen LogP contribution in [0.5, 0.6) is 0 Å². The molecule has 0 spiro atoms. The molecule has 0 bridgehead atoms. The maximum absolute atomic E-state index is 13.1. The van der Waals surface area contributed by atoms with Gasteiger partial charge in [0.2, 0.25) is 11.8 Å². The molecule has 0 radical (unpaired) electrons. The van der Waals surface area contributed by atoms with E-state index in [0.29, 0.717) is 17.6 Å². The van der Waals surface area contributed by atoms with Crippen LogP contribution in [0.15, 0.2) is 33.9 Å². The van der Waals surface area contributed by atoms with Crippen molar-refractivity contribution in [2.24, 2.45) is 11.0 Å². The van der Waals surface area contributed by atoms with E-state index >= 15 is 0 Å². The summed E-state index contributed by atoms with van der Waals surface area (Å²) in [4.78, 5) is 29.6. The van der Waals surface area contributed by atoms with Crippen molar-refractivity contribution in [2.75, 3.05) is 0 Å². The second kappa shape index (κ2) is 8.33. The van der Waals surface area contributed by atoms with Crippen LogP contribution in [0.1, 0.15) is 68.8 Å². The highest BCUT2D eigenvalue weighted by molar-refractivity contribution is 6.39. The Morgan fingerprint density at radius 3 is 2.67 bits per heavy atom. The van der Waals surface area contributed by atoms with E-state index in [9.17, 15) is 14.0 Å². The molecule has 1 saturated carbocycles. The standard InChI is InChI=1S/C21H24FN5O3/c1-12(2)18(21-24-19(26-30-21)14-5-6-14)23-20(29)16-9-10-17(28)27(25-16)11-13-3-7-15(22)8-4-13/h3-4,7-8,12,14,18H,5-6,9-11H2,1-2H3,(H,23,29). The summed E-state index contributed by atoms with van der Waals surface area (Å²) in [5.41, 5.74) is 0.998. The van der Waals surface area contributed by atoms with E-state index in [4.69, 9.17) is 4.52 Å². The zero-order valence-corrected chi connectivity index (χ0v) is 17.0. The molecule has 1 fully saturated rings. The molecular weight excluding hydrogens is 389 g/mol. The highest BCUT2D eigenvalue weighted by Gasteiger charge is 2.33. The number of rotatable bonds is 7. The Balaban J connectivity index is 1.47. The quantitative estimate of drug-likeness (QED) is 0.752. The molecule has 1 aliphatic heterocycles. The molecule has 1 aromatic heterocycles. The predicted molar refractivity (Wildman–Crippen MR) is 106 cm³/mol. The SMILES string of the molecule is CC(C)C(NC(=O)C1=NN(Cc2ccc(F)cc2)C(=O)CC1)c1nc(C2CC2)no1. The topological polar surface area (TPSA) is 101 Å². The van der Waals surface area contributed by atoms with E-state index in [1.165, 1.54) is 17.1 Å². The molecule has 1 aromatic carbocycles. The summed E-state index contributed by atoms with van der Waals surface area (Å²) in [6.07, 6.45) is 2.57. The number of hydrogen-bond acceptors (Lipinski definition) is 6. The molecule has 2 heterocycles. The van der Waals surface area contributed by atoms with Crippen LogP contribution in [0.3, 0.4) is 0 Å². The molecule has 1 atom stereocenters. The van der Waals surface area contributed by atoms with E-state index in [2.05, 4.69) is 20.6 Å². The van der Waals surface area contributed by atoms with Crippen LogP contribution < -0.4 is 5.32 Å². The number of amides is 2. The molecule has 158 valence electrons. The van der Waals surface area contributed by atoms with Crippen molar-refractivity contribution in [3.05, 3.63) is 47.4 Å². The molecule has 2 aliphatic rings. The first-order chi connectivity index (χ1) is 14.4. The van der Waals surface area contributed by atoms with Crippen molar-refractivity contribution < 1.29 is 18.5 Å². The number of halogens is 1. The minimum Gasteiger partial charge on any atom is -0.339 e. The highest BCUT2D eigenvalue weighted by Crippen LogP contribution is 2.38. The van der Waals surface area contributed by atoms with Crippen LogP contribution in [0.2, 0.25) is 0 Å². The number of carbonyl (C=O) groups excluding carboxylic acids is 2. The van der Waals surface area contributed by atoms with Crippen LogP contribution in [0.4, 0.5) is 4.39 Å². The van der Waals surface area contributed by atoms with Crippen LogP contribution in [-0.4, -0.2) is 32.7 Å².